The second-order valence-electron chi connectivity index (χ2n) is 5.52. The molecule has 130 valence electrons. The van der Waals surface area contributed by atoms with Crippen LogP contribution >= 0.6 is 23.8 Å². The molecule has 0 amide bonds. The van der Waals surface area contributed by atoms with E-state index in [4.69, 9.17) is 23.8 Å². The summed E-state index contributed by atoms with van der Waals surface area (Å²) >= 11 is 11.2. The molecule has 0 aliphatic carbocycles. The first-order chi connectivity index (χ1) is 12.7. The minimum atomic E-state index is 0.554. The van der Waals surface area contributed by atoms with E-state index in [-0.39, 0.29) is 0 Å². The van der Waals surface area contributed by atoms with Crippen LogP contribution in [0, 0.1) is 0 Å². The van der Waals surface area contributed by atoms with Gasteiger partial charge in [-0.2, -0.15) is 10.2 Å². The molecule has 6 heteroatoms. The average Bonchev–Trinajstić information content (AvgIpc) is 2.68. The molecule has 3 rings (SSSR count). The fourth-order valence-electron chi connectivity index (χ4n) is 2.18. The molecular weight excluding hydrogens is 364 g/mol. The van der Waals surface area contributed by atoms with Gasteiger partial charge < -0.3 is 10.6 Å². The van der Waals surface area contributed by atoms with Crippen molar-refractivity contribution in [3.05, 3.63) is 89.4 Å². The van der Waals surface area contributed by atoms with E-state index in [1.165, 1.54) is 0 Å². The number of anilines is 1. The number of nitrogens with zero attached hydrogens (tertiary/aromatic N) is 2. The normalized spacial score (nSPS) is 10.7. The number of hydrogen-bond donors (Lipinski definition) is 2. The lowest BCUT2D eigenvalue weighted by Crippen LogP contribution is -2.27. The van der Waals surface area contributed by atoms with E-state index in [0.29, 0.717) is 11.7 Å². The fourth-order valence-corrected chi connectivity index (χ4v) is 2.50. The standard InChI is InChI=1S/C20H17ClN4S/c21-16-8-6-15(7-9-16)14-22-20(26)23-17-10-12-19(13-11-17)25-24-18-4-2-1-3-5-18/h1-13H,14H2,(H2,22,23,26). The summed E-state index contributed by atoms with van der Waals surface area (Å²) in [4.78, 5) is 0. The molecule has 2 N–H and O–H groups in total. The Hall–Kier alpha value is -2.76. The summed E-state index contributed by atoms with van der Waals surface area (Å²) < 4.78 is 0. The zero-order valence-corrected chi connectivity index (χ0v) is 15.5. The SMILES string of the molecule is S=C(NCc1ccc(Cl)cc1)Nc1ccc(N=Nc2ccccc2)cc1. The van der Waals surface area contributed by atoms with Crippen LogP contribution in [0.4, 0.5) is 17.1 Å². The molecule has 0 aliphatic rings. The first-order valence-corrected chi connectivity index (χ1v) is 8.84. The van der Waals surface area contributed by atoms with E-state index in [0.717, 1.165) is 27.6 Å². The Morgan fingerprint density at radius 3 is 2.08 bits per heavy atom. The van der Waals surface area contributed by atoms with Gasteiger partial charge in [0.2, 0.25) is 0 Å². The van der Waals surface area contributed by atoms with Crippen molar-refractivity contribution in [1.29, 1.82) is 0 Å². The highest BCUT2D eigenvalue weighted by atomic mass is 35.5. The Labute approximate surface area is 162 Å². The largest absolute Gasteiger partial charge is 0.358 e. The summed E-state index contributed by atoms with van der Waals surface area (Å²) in [5.41, 5.74) is 3.59. The molecule has 26 heavy (non-hydrogen) atoms. The van der Waals surface area contributed by atoms with Gasteiger partial charge in [-0.25, -0.2) is 0 Å². The van der Waals surface area contributed by atoms with E-state index in [1.807, 2.05) is 78.9 Å². The van der Waals surface area contributed by atoms with Gasteiger partial charge in [0.25, 0.3) is 0 Å². The highest BCUT2D eigenvalue weighted by Crippen LogP contribution is 2.20. The molecule has 3 aromatic rings. The number of azo groups is 1. The number of rotatable bonds is 5. The monoisotopic (exact) mass is 380 g/mol. The predicted molar refractivity (Wildman–Crippen MR) is 112 cm³/mol. The van der Waals surface area contributed by atoms with Crippen molar-refractivity contribution >= 4 is 46.0 Å². The molecule has 0 heterocycles. The van der Waals surface area contributed by atoms with Gasteiger partial charge in [-0.3, -0.25) is 0 Å². The van der Waals surface area contributed by atoms with Gasteiger partial charge in [-0.1, -0.05) is 41.9 Å². The van der Waals surface area contributed by atoms with Crippen molar-refractivity contribution in [3.8, 4) is 0 Å². The van der Waals surface area contributed by atoms with E-state index in [1.54, 1.807) is 0 Å². The second kappa shape index (κ2) is 9.08. The topological polar surface area (TPSA) is 48.8 Å². The predicted octanol–water partition coefficient (Wildman–Crippen LogP) is 6.24. The summed E-state index contributed by atoms with van der Waals surface area (Å²) in [6, 6.07) is 24.9. The van der Waals surface area contributed by atoms with E-state index >= 15 is 0 Å². The Bertz CT molecular complexity index is 878. The van der Waals surface area contributed by atoms with Crippen molar-refractivity contribution in [2.45, 2.75) is 6.54 Å². The lowest BCUT2D eigenvalue weighted by molar-refractivity contribution is 0.926. The van der Waals surface area contributed by atoms with Crippen LogP contribution in [0.5, 0.6) is 0 Å². The van der Waals surface area contributed by atoms with Gasteiger partial charge in [-0.05, 0) is 66.3 Å². The van der Waals surface area contributed by atoms with Gasteiger partial charge in [-0.15, -0.1) is 0 Å². The Morgan fingerprint density at radius 2 is 1.42 bits per heavy atom. The molecule has 0 radical (unpaired) electrons. The first kappa shape index (κ1) is 18.0. The molecule has 0 bridgehead atoms. The van der Waals surface area contributed by atoms with E-state index in [9.17, 15) is 0 Å². The summed E-state index contributed by atoms with van der Waals surface area (Å²) in [5, 5.41) is 16.0. The van der Waals surface area contributed by atoms with Crippen molar-refractivity contribution < 1.29 is 0 Å². The average molecular weight is 381 g/mol. The van der Waals surface area contributed by atoms with E-state index in [2.05, 4.69) is 20.9 Å². The van der Waals surface area contributed by atoms with Crippen LogP contribution in [0.15, 0.2) is 89.1 Å². The molecular formula is C20H17ClN4S. The van der Waals surface area contributed by atoms with Gasteiger partial charge >= 0.3 is 0 Å². The van der Waals surface area contributed by atoms with Gasteiger partial charge in [0.15, 0.2) is 5.11 Å². The number of halogens is 1. The van der Waals surface area contributed by atoms with Crippen molar-refractivity contribution in [2.24, 2.45) is 10.2 Å². The maximum atomic E-state index is 5.88. The fraction of sp³-hybridized carbons (Fsp3) is 0.0500. The Morgan fingerprint density at radius 1 is 0.808 bits per heavy atom. The molecule has 0 saturated heterocycles. The smallest absolute Gasteiger partial charge is 0.171 e. The van der Waals surface area contributed by atoms with Crippen molar-refractivity contribution in [2.75, 3.05) is 5.32 Å². The van der Waals surface area contributed by atoms with Crippen LogP contribution in [0.1, 0.15) is 5.56 Å². The zero-order chi connectivity index (χ0) is 18.2. The lowest BCUT2D eigenvalue weighted by atomic mass is 10.2. The molecule has 0 unspecified atom stereocenters. The minimum Gasteiger partial charge on any atom is -0.358 e. The molecule has 3 aromatic carbocycles. The quantitative estimate of drug-likeness (QED) is 0.406. The highest BCUT2D eigenvalue weighted by Gasteiger charge is 1.99. The summed E-state index contributed by atoms with van der Waals surface area (Å²) in [7, 11) is 0. The van der Waals surface area contributed by atoms with Crippen LogP contribution in [-0.4, -0.2) is 5.11 Å². The van der Waals surface area contributed by atoms with Crippen molar-refractivity contribution in [1.82, 2.24) is 5.32 Å². The Kier molecular flexibility index (Phi) is 6.30. The molecule has 0 saturated carbocycles. The molecule has 0 spiro atoms. The number of hydrogen-bond acceptors (Lipinski definition) is 3. The third kappa shape index (κ3) is 5.65. The van der Waals surface area contributed by atoms with Gasteiger partial charge in [0.1, 0.15) is 0 Å². The number of benzene rings is 3. The van der Waals surface area contributed by atoms with Crippen LogP contribution < -0.4 is 10.6 Å². The maximum Gasteiger partial charge on any atom is 0.171 e. The first-order valence-electron chi connectivity index (χ1n) is 8.05. The maximum absolute atomic E-state index is 5.88. The van der Waals surface area contributed by atoms with Crippen LogP contribution in [0.25, 0.3) is 0 Å². The number of thiocarbonyl (C=S) groups is 1. The van der Waals surface area contributed by atoms with Gasteiger partial charge in [0.05, 0.1) is 11.4 Å². The summed E-state index contributed by atoms with van der Waals surface area (Å²) in [6.45, 7) is 0.631. The molecule has 0 atom stereocenters. The Balaban J connectivity index is 1.51. The molecule has 0 aromatic heterocycles. The van der Waals surface area contributed by atoms with Crippen LogP contribution in [0.2, 0.25) is 5.02 Å². The third-order valence-electron chi connectivity index (χ3n) is 3.53. The number of nitrogens with one attached hydrogen (secondary N) is 2. The van der Waals surface area contributed by atoms with Crippen LogP contribution in [-0.2, 0) is 6.54 Å². The summed E-state index contributed by atoms with van der Waals surface area (Å²) in [5.74, 6) is 0. The lowest BCUT2D eigenvalue weighted by Gasteiger charge is -2.10. The highest BCUT2D eigenvalue weighted by molar-refractivity contribution is 7.80. The molecule has 0 fully saturated rings. The van der Waals surface area contributed by atoms with Gasteiger partial charge in [0, 0.05) is 17.3 Å². The van der Waals surface area contributed by atoms with E-state index < -0.39 is 0 Å². The molecule has 4 nitrogen and oxygen atoms in total. The second-order valence-corrected chi connectivity index (χ2v) is 6.36. The summed E-state index contributed by atoms with van der Waals surface area (Å²) in [6.07, 6.45) is 0. The third-order valence-corrected chi connectivity index (χ3v) is 4.03. The molecule has 0 aliphatic heterocycles. The van der Waals surface area contributed by atoms with Crippen LogP contribution in [0.3, 0.4) is 0 Å². The zero-order valence-electron chi connectivity index (χ0n) is 13.9. The minimum absolute atomic E-state index is 0.554. The van der Waals surface area contributed by atoms with Crippen molar-refractivity contribution in [3.63, 3.8) is 0 Å².